The zero-order valence-corrected chi connectivity index (χ0v) is 19.4. The molecule has 3 N–H and O–H groups in total. The molecule has 1 aromatic carbocycles. The normalized spacial score (nSPS) is 16.3. The van der Waals surface area contributed by atoms with Crippen molar-refractivity contribution in [2.24, 2.45) is 4.99 Å². The zero-order chi connectivity index (χ0) is 24.4. The van der Waals surface area contributed by atoms with Crippen molar-refractivity contribution < 1.29 is 14.6 Å². The summed E-state index contributed by atoms with van der Waals surface area (Å²) in [5.41, 5.74) is 2.21. The Bertz CT molecular complexity index is 1460. The average molecular weight is 479 g/mol. The summed E-state index contributed by atoms with van der Waals surface area (Å²) >= 11 is 0. The summed E-state index contributed by atoms with van der Waals surface area (Å²) in [6.07, 6.45) is 4.87. The number of anilines is 1. The maximum Gasteiger partial charge on any atom is 0.251 e. The van der Waals surface area contributed by atoms with E-state index in [9.17, 15) is 14.6 Å². The van der Waals surface area contributed by atoms with Crippen molar-refractivity contribution in [3.63, 3.8) is 0 Å². The van der Waals surface area contributed by atoms with Crippen LogP contribution in [0.25, 0.3) is 11.7 Å². The standard InChI is InChI=1S/C24H27FN8O2/c1-31-8-3-9-32(11-10-31)24-29-21-18(13-17-14-20(34)28-22(17)35)15-27-33(21)23(30-24)26-7-6-16-4-2-5-19(25)12-16/h2,4-5,12-15,28,34-35H,3,6-11H2,1H3. The van der Waals surface area contributed by atoms with Gasteiger partial charge in [-0.2, -0.15) is 19.6 Å². The lowest BCUT2D eigenvalue weighted by Crippen LogP contribution is -2.34. The first-order valence-electron chi connectivity index (χ1n) is 11.5. The molecule has 0 spiro atoms. The third kappa shape index (κ3) is 5.09. The number of benzene rings is 1. The fraction of sp³-hybridized carbons (Fsp3) is 0.333. The number of fused-ring (bicyclic) bond motifs is 1. The van der Waals surface area contributed by atoms with Gasteiger partial charge < -0.3 is 20.0 Å². The number of H-pyrrole nitrogens is 1. The molecule has 4 heterocycles. The third-order valence-corrected chi connectivity index (χ3v) is 6.03. The molecule has 0 atom stereocenters. The van der Waals surface area contributed by atoms with E-state index in [0.29, 0.717) is 41.0 Å². The Kier molecular flexibility index (Phi) is 6.32. The maximum absolute atomic E-state index is 13.5. The van der Waals surface area contributed by atoms with Gasteiger partial charge in [0.15, 0.2) is 17.4 Å². The van der Waals surface area contributed by atoms with Crippen molar-refractivity contribution in [3.8, 4) is 11.8 Å². The second-order valence-corrected chi connectivity index (χ2v) is 8.67. The van der Waals surface area contributed by atoms with Gasteiger partial charge in [0.1, 0.15) is 5.82 Å². The smallest absolute Gasteiger partial charge is 0.251 e. The van der Waals surface area contributed by atoms with Crippen LogP contribution >= 0.6 is 0 Å². The molecule has 0 amide bonds. The van der Waals surface area contributed by atoms with Gasteiger partial charge >= 0.3 is 0 Å². The van der Waals surface area contributed by atoms with Crippen molar-refractivity contribution in [2.45, 2.75) is 12.8 Å². The van der Waals surface area contributed by atoms with Crippen LogP contribution in [0.2, 0.25) is 0 Å². The fourth-order valence-electron chi connectivity index (χ4n) is 4.16. The van der Waals surface area contributed by atoms with Crippen molar-refractivity contribution in [1.82, 2.24) is 29.5 Å². The summed E-state index contributed by atoms with van der Waals surface area (Å²) in [5.74, 6) is 0.00851. The second-order valence-electron chi connectivity index (χ2n) is 8.67. The first-order valence-corrected chi connectivity index (χ1v) is 11.5. The van der Waals surface area contributed by atoms with E-state index in [1.54, 1.807) is 22.9 Å². The molecule has 182 valence electrons. The largest absolute Gasteiger partial charge is 0.494 e. The molecule has 0 aliphatic carbocycles. The number of nitrogens with zero attached hydrogens (tertiary/aromatic N) is 7. The van der Waals surface area contributed by atoms with Crippen LogP contribution in [-0.4, -0.2) is 79.5 Å². The van der Waals surface area contributed by atoms with E-state index in [2.05, 4.69) is 31.9 Å². The minimum absolute atomic E-state index is 0.137. The number of halogens is 1. The summed E-state index contributed by atoms with van der Waals surface area (Å²) in [6, 6.07) is 7.90. The lowest BCUT2D eigenvalue weighted by atomic mass is 10.1. The molecule has 1 aliphatic heterocycles. The molecule has 35 heavy (non-hydrogen) atoms. The summed E-state index contributed by atoms with van der Waals surface area (Å²) in [6.45, 7) is 3.92. The van der Waals surface area contributed by atoms with Gasteiger partial charge in [-0.15, -0.1) is 0 Å². The van der Waals surface area contributed by atoms with Crippen LogP contribution in [0.15, 0.2) is 41.5 Å². The molecule has 0 saturated carbocycles. The Hall–Kier alpha value is -3.99. The van der Waals surface area contributed by atoms with Crippen LogP contribution in [0.1, 0.15) is 17.5 Å². The number of aromatic hydroxyl groups is 2. The minimum atomic E-state index is -0.272. The number of aromatic nitrogens is 5. The van der Waals surface area contributed by atoms with E-state index in [1.807, 2.05) is 6.07 Å². The highest BCUT2D eigenvalue weighted by atomic mass is 19.1. The van der Waals surface area contributed by atoms with E-state index in [4.69, 9.17) is 9.97 Å². The molecular weight excluding hydrogens is 451 g/mol. The predicted octanol–water partition coefficient (Wildman–Crippen LogP) is 0.836. The summed E-state index contributed by atoms with van der Waals surface area (Å²) in [5, 5.41) is 24.8. The molecule has 4 aromatic rings. The fourth-order valence-corrected chi connectivity index (χ4v) is 4.16. The van der Waals surface area contributed by atoms with Crippen molar-refractivity contribution >= 4 is 17.7 Å². The highest BCUT2D eigenvalue weighted by Crippen LogP contribution is 2.21. The van der Waals surface area contributed by atoms with Crippen molar-refractivity contribution in [1.29, 1.82) is 0 Å². The minimum Gasteiger partial charge on any atom is -0.494 e. The van der Waals surface area contributed by atoms with E-state index in [1.165, 1.54) is 18.2 Å². The summed E-state index contributed by atoms with van der Waals surface area (Å²) in [7, 11) is 2.10. The van der Waals surface area contributed by atoms with Crippen molar-refractivity contribution in [3.05, 3.63) is 64.3 Å². The van der Waals surface area contributed by atoms with Gasteiger partial charge in [-0.3, -0.25) is 4.98 Å². The molecule has 5 rings (SSSR count). The van der Waals surface area contributed by atoms with E-state index >= 15 is 0 Å². The highest BCUT2D eigenvalue weighted by molar-refractivity contribution is 5.61. The Morgan fingerprint density at radius 2 is 2.03 bits per heavy atom. The Morgan fingerprint density at radius 1 is 1.14 bits per heavy atom. The highest BCUT2D eigenvalue weighted by Gasteiger charge is 2.17. The average Bonchev–Trinajstić information content (AvgIpc) is 3.29. The van der Waals surface area contributed by atoms with Gasteiger partial charge in [0.2, 0.25) is 5.95 Å². The molecular formula is C24H27FN8O2. The molecule has 1 fully saturated rings. The number of hydrogen-bond acceptors (Lipinski definition) is 8. The molecule has 3 aromatic heterocycles. The maximum atomic E-state index is 13.5. The lowest BCUT2D eigenvalue weighted by Gasteiger charge is -2.20. The number of likely N-dealkylation sites (N-methyl/N-ethyl adjacent to an activating group) is 1. The Balaban J connectivity index is 1.57. The van der Waals surface area contributed by atoms with Gasteiger partial charge in [0.05, 0.1) is 6.20 Å². The molecule has 1 saturated heterocycles. The van der Waals surface area contributed by atoms with Crippen LogP contribution < -0.4 is 15.7 Å². The lowest BCUT2D eigenvalue weighted by molar-refractivity contribution is 0.360. The Morgan fingerprint density at radius 3 is 2.83 bits per heavy atom. The third-order valence-electron chi connectivity index (χ3n) is 6.03. The molecule has 1 aliphatic rings. The van der Waals surface area contributed by atoms with Crippen LogP contribution in [0.5, 0.6) is 11.8 Å². The molecule has 0 unspecified atom stereocenters. The Labute approximate surface area is 200 Å². The number of nitrogens with one attached hydrogen (secondary N) is 1. The molecule has 11 heteroatoms. The number of rotatable bonds is 5. The van der Waals surface area contributed by atoms with Gasteiger partial charge in [-0.25, -0.2) is 9.38 Å². The zero-order valence-electron chi connectivity index (χ0n) is 19.4. The first-order chi connectivity index (χ1) is 17.0. The second kappa shape index (κ2) is 9.71. The molecule has 10 nitrogen and oxygen atoms in total. The van der Waals surface area contributed by atoms with Crippen LogP contribution in [0.4, 0.5) is 10.3 Å². The SMILES string of the molecule is CN1CCCN(c2nc(=NCCc3cccc(F)c3)n3ncc(=Cc4cc(O)[nH]c4O)c3n2)CC1. The van der Waals surface area contributed by atoms with Crippen LogP contribution in [0, 0.1) is 5.82 Å². The first kappa shape index (κ1) is 22.8. The van der Waals surface area contributed by atoms with E-state index in [0.717, 1.165) is 38.2 Å². The topological polar surface area (TPSA) is 118 Å². The van der Waals surface area contributed by atoms with E-state index in [-0.39, 0.29) is 17.6 Å². The van der Waals surface area contributed by atoms with E-state index < -0.39 is 0 Å². The molecule has 0 radical (unpaired) electrons. The van der Waals surface area contributed by atoms with Crippen LogP contribution in [0.3, 0.4) is 0 Å². The quantitative estimate of drug-likeness (QED) is 0.389. The van der Waals surface area contributed by atoms with Crippen LogP contribution in [-0.2, 0) is 6.42 Å². The van der Waals surface area contributed by atoms with Gasteiger partial charge in [0, 0.05) is 43.0 Å². The predicted molar refractivity (Wildman–Crippen MR) is 129 cm³/mol. The summed E-state index contributed by atoms with van der Waals surface area (Å²) < 4.78 is 15.1. The number of hydrogen-bond donors (Lipinski definition) is 3. The monoisotopic (exact) mass is 478 g/mol. The summed E-state index contributed by atoms with van der Waals surface area (Å²) in [4.78, 5) is 21.1. The molecule has 0 bridgehead atoms. The van der Waals surface area contributed by atoms with Gasteiger partial charge in [-0.1, -0.05) is 12.1 Å². The van der Waals surface area contributed by atoms with Gasteiger partial charge in [-0.05, 0) is 50.2 Å². The number of aromatic amines is 1. The van der Waals surface area contributed by atoms with Crippen molar-refractivity contribution in [2.75, 3.05) is 44.7 Å². The van der Waals surface area contributed by atoms with Gasteiger partial charge in [0.25, 0.3) is 5.62 Å².